The normalized spacial score (nSPS) is 15.6. The molecule has 6 nitrogen and oxygen atoms in total. The van der Waals surface area contributed by atoms with Crippen LogP contribution in [0.1, 0.15) is 42.1 Å². The summed E-state index contributed by atoms with van der Waals surface area (Å²) in [4.78, 5) is 19.8. The summed E-state index contributed by atoms with van der Waals surface area (Å²) < 4.78 is 6.52. The number of hydrogen-bond acceptors (Lipinski definition) is 6. The number of nitrogens with zero attached hydrogens (tertiary/aromatic N) is 3. The predicted octanol–water partition coefficient (Wildman–Crippen LogP) is 5.47. The molecular formula is C25H28N4O2S. The SMILES string of the molecule is Cc1cc2onc(CC(=O)Nc3nc4ccc(CN5CCC(C)CC5)cc4s3)c2cc1C. The Labute approximate surface area is 191 Å². The molecule has 1 aliphatic rings. The van der Waals surface area contributed by atoms with E-state index in [0.717, 1.165) is 39.2 Å². The molecule has 32 heavy (non-hydrogen) atoms. The third-order valence-electron chi connectivity index (χ3n) is 6.47. The molecule has 1 N–H and O–H groups in total. The van der Waals surface area contributed by atoms with Crippen molar-refractivity contribution in [3.05, 3.63) is 52.7 Å². The van der Waals surface area contributed by atoms with E-state index in [1.807, 2.05) is 26.0 Å². The molecule has 1 amide bonds. The molecule has 166 valence electrons. The van der Waals surface area contributed by atoms with Gasteiger partial charge in [0.1, 0.15) is 5.69 Å². The maximum absolute atomic E-state index is 12.7. The van der Waals surface area contributed by atoms with Gasteiger partial charge in [0.25, 0.3) is 0 Å². The molecule has 0 bridgehead atoms. The summed E-state index contributed by atoms with van der Waals surface area (Å²) in [5, 5.41) is 8.57. The summed E-state index contributed by atoms with van der Waals surface area (Å²) in [5.74, 6) is 0.699. The number of aryl methyl sites for hydroxylation is 2. The first-order chi connectivity index (χ1) is 15.4. The fourth-order valence-electron chi connectivity index (χ4n) is 4.29. The largest absolute Gasteiger partial charge is 0.356 e. The van der Waals surface area contributed by atoms with Gasteiger partial charge in [-0.1, -0.05) is 29.5 Å². The molecule has 1 aliphatic heterocycles. The van der Waals surface area contributed by atoms with Gasteiger partial charge in [0, 0.05) is 11.9 Å². The Hall–Kier alpha value is -2.77. The van der Waals surface area contributed by atoms with Gasteiger partial charge >= 0.3 is 0 Å². The minimum absolute atomic E-state index is 0.139. The molecular weight excluding hydrogens is 420 g/mol. The Kier molecular flexibility index (Phi) is 5.69. The summed E-state index contributed by atoms with van der Waals surface area (Å²) in [7, 11) is 0. The van der Waals surface area contributed by atoms with Crippen molar-refractivity contribution in [3.63, 3.8) is 0 Å². The number of aromatic nitrogens is 2. The molecule has 2 aromatic heterocycles. The van der Waals surface area contributed by atoms with Gasteiger partial charge in [0.2, 0.25) is 5.91 Å². The number of carbonyl (C=O) groups is 1. The standard InChI is InChI=1S/C25H28N4O2S/c1-15-6-8-29(9-7-15)14-18-4-5-20-23(12-18)32-25(26-20)27-24(30)13-21-19-10-16(2)17(3)11-22(19)31-28-21/h4-5,10-12,15H,6-9,13-14H2,1-3H3,(H,26,27,30). The van der Waals surface area contributed by atoms with Crippen molar-refractivity contribution in [3.8, 4) is 0 Å². The van der Waals surface area contributed by atoms with E-state index in [2.05, 4.69) is 45.5 Å². The zero-order valence-corrected chi connectivity index (χ0v) is 19.6. The minimum atomic E-state index is -0.139. The number of thiazole rings is 1. The van der Waals surface area contributed by atoms with Crippen LogP contribution in [0.5, 0.6) is 0 Å². The van der Waals surface area contributed by atoms with E-state index in [-0.39, 0.29) is 12.3 Å². The van der Waals surface area contributed by atoms with Gasteiger partial charge in [-0.15, -0.1) is 0 Å². The topological polar surface area (TPSA) is 71.3 Å². The van der Waals surface area contributed by atoms with Crippen molar-refractivity contribution in [2.75, 3.05) is 18.4 Å². The van der Waals surface area contributed by atoms with Crippen LogP contribution < -0.4 is 5.32 Å². The lowest BCUT2D eigenvalue weighted by Gasteiger charge is -2.30. The van der Waals surface area contributed by atoms with Gasteiger partial charge in [-0.3, -0.25) is 9.69 Å². The van der Waals surface area contributed by atoms with E-state index in [0.29, 0.717) is 16.4 Å². The first kappa shape index (κ1) is 21.1. The summed E-state index contributed by atoms with van der Waals surface area (Å²) in [5.41, 5.74) is 5.88. The highest BCUT2D eigenvalue weighted by Gasteiger charge is 2.17. The number of piperidine rings is 1. The zero-order chi connectivity index (χ0) is 22.2. The molecule has 7 heteroatoms. The number of likely N-dealkylation sites (tertiary alicyclic amines) is 1. The Morgan fingerprint density at radius 1 is 1.19 bits per heavy atom. The second-order valence-corrected chi connectivity index (χ2v) is 10.1. The Balaban J connectivity index is 1.27. The average Bonchev–Trinajstić information content (AvgIpc) is 3.33. The number of benzene rings is 2. The van der Waals surface area contributed by atoms with Gasteiger partial charge in [-0.05, 0) is 86.7 Å². The van der Waals surface area contributed by atoms with Crippen LogP contribution >= 0.6 is 11.3 Å². The first-order valence-electron chi connectivity index (χ1n) is 11.2. The Bertz CT molecular complexity index is 1280. The molecule has 0 saturated carbocycles. The van der Waals surface area contributed by atoms with Crippen molar-refractivity contribution in [2.45, 2.75) is 46.6 Å². The average molecular weight is 449 g/mol. The molecule has 0 spiro atoms. The molecule has 4 aromatic rings. The molecule has 1 fully saturated rings. The van der Waals surface area contributed by atoms with Crippen LogP contribution in [-0.4, -0.2) is 34.0 Å². The predicted molar refractivity (Wildman–Crippen MR) is 129 cm³/mol. The van der Waals surface area contributed by atoms with E-state index >= 15 is 0 Å². The second kappa shape index (κ2) is 8.64. The number of anilines is 1. The van der Waals surface area contributed by atoms with Crippen LogP contribution in [0.2, 0.25) is 0 Å². The number of carbonyl (C=O) groups excluding carboxylic acids is 1. The van der Waals surface area contributed by atoms with E-state index in [1.54, 1.807) is 0 Å². The zero-order valence-electron chi connectivity index (χ0n) is 18.8. The summed E-state index contributed by atoms with van der Waals surface area (Å²) in [6.07, 6.45) is 2.71. The number of fused-ring (bicyclic) bond motifs is 2. The molecule has 0 radical (unpaired) electrons. The first-order valence-corrected chi connectivity index (χ1v) is 12.0. The number of amides is 1. The van der Waals surface area contributed by atoms with Crippen LogP contribution in [0, 0.1) is 19.8 Å². The fraction of sp³-hybridized carbons (Fsp3) is 0.400. The van der Waals surface area contributed by atoms with Crippen LogP contribution in [0.3, 0.4) is 0 Å². The lowest BCUT2D eigenvalue weighted by molar-refractivity contribution is -0.115. The molecule has 5 rings (SSSR count). The van der Waals surface area contributed by atoms with Gasteiger partial charge < -0.3 is 9.84 Å². The minimum Gasteiger partial charge on any atom is -0.356 e. The summed E-state index contributed by atoms with van der Waals surface area (Å²) in [6.45, 7) is 9.73. The van der Waals surface area contributed by atoms with Crippen molar-refractivity contribution in [2.24, 2.45) is 5.92 Å². The van der Waals surface area contributed by atoms with Crippen LogP contribution in [-0.2, 0) is 17.8 Å². The molecule has 0 unspecified atom stereocenters. The molecule has 0 aliphatic carbocycles. The maximum atomic E-state index is 12.7. The van der Waals surface area contributed by atoms with Gasteiger partial charge in [0.15, 0.2) is 10.7 Å². The van der Waals surface area contributed by atoms with Crippen molar-refractivity contribution in [1.29, 1.82) is 0 Å². The number of rotatable bonds is 5. The van der Waals surface area contributed by atoms with Crippen molar-refractivity contribution < 1.29 is 9.32 Å². The van der Waals surface area contributed by atoms with Crippen LogP contribution in [0.15, 0.2) is 34.9 Å². The highest BCUT2D eigenvalue weighted by atomic mass is 32.1. The number of hydrogen-bond donors (Lipinski definition) is 1. The fourth-order valence-corrected chi connectivity index (χ4v) is 5.23. The molecule has 0 atom stereocenters. The van der Waals surface area contributed by atoms with Crippen LogP contribution in [0.25, 0.3) is 21.2 Å². The summed E-state index contributed by atoms with van der Waals surface area (Å²) >= 11 is 1.52. The van der Waals surface area contributed by atoms with Crippen molar-refractivity contribution >= 4 is 43.6 Å². The second-order valence-electron chi connectivity index (χ2n) is 9.07. The molecule has 2 aromatic carbocycles. The van der Waals surface area contributed by atoms with E-state index in [9.17, 15) is 4.79 Å². The highest BCUT2D eigenvalue weighted by molar-refractivity contribution is 7.22. The van der Waals surface area contributed by atoms with Crippen LogP contribution in [0.4, 0.5) is 5.13 Å². The molecule has 3 heterocycles. The summed E-state index contributed by atoms with van der Waals surface area (Å²) in [6, 6.07) is 10.4. The highest BCUT2D eigenvalue weighted by Crippen LogP contribution is 2.29. The quantitative estimate of drug-likeness (QED) is 0.438. The molecule has 1 saturated heterocycles. The third-order valence-corrected chi connectivity index (χ3v) is 7.40. The smallest absolute Gasteiger partial charge is 0.232 e. The monoisotopic (exact) mass is 448 g/mol. The lowest BCUT2D eigenvalue weighted by Crippen LogP contribution is -2.32. The van der Waals surface area contributed by atoms with Crippen molar-refractivity contribution in [1.82, 2.24) is 15.0 Å². The van der Waals surface area contributed by atoms with Gasteiger partial charge in [-0.2, -0.15) is 0 Å². The lowest BCUT2D eigenvalue weighted by atomic mass is 9.99. The van der Waals surface area contributed by atoms with Gasteiger partial charge in [-0.25, -0.2) is 4.98 Å². The Morgan fingerprint density at radius 2 is 1.97 bits per heavy atom. The van der Waals surface area contributed by atoms with E-state index in [1.165, 1.54) is 42.8 Å². The Morgan fingerprint density at radius 3 is 2.78 bits per heavy atom. The van der Waals surface area contributed by atoms with E-state index in [4.69, 9.17) is 4.52 Å². The third kappa shape index (κ3) is 4.40. The van der Waals surface area contributed by atoms with E-state index < -0.39 is 0 Å². The van der Waals surface area contributed by atoms with Gasteiger partial charge in [0.05, 0.1) is 16.6 Å². The number of nitrogens with one attached hydrogen (secondary N) is 1. The maximum Gasteiger partial charge on any atom is 0.232 e.